The van der Waals surface area contributed by atoms with Gasteiger partial charge >= 0.3 is 0 Å². The van der Waals surface area contributed by atoms with E-state index in [1.54, 1.807) is 11.3 Å². The van der Waals surface area contributed by atoms with Crippen LogP contribution in [-0.4, -0.2) is 65.0 Å². The number of nitrogens with zero attached hydrogens (tertiary/aromatic N) is 4. The summed E-state index contributed by atoms with van der Waals surface area (Å²) in [7, 11) is 0. The number of morpholine rings is 1. The Morgan fingerprint density at radius 3 is 2.54 bits per heavy atom. The lowest BCUT2D eigenvalue weighted by Crippen LogP contribution is -2.39. The molecule has 144 valence electrons. The molecule has 3 heterocycles. The maximum absolute atomic E-state index is 10.4. The van der Waals surface area contributed by atoms with Crippen LogP contribution in [-0.2, 0) is 11.3 Å². The molecule has 0 saturated carbocycles. The van der Waals surface area contributed by atoms with Crippen LogP contribution in [0.1, 0.15) is 37.0 Å². The Balaban J connectivity index is 2.02. The molecular weight excluding hydrogens is 348 g/mol. The number of hydrogen-bond acceptors (Lipinski definition) is 7. The lowest BCUT2D eigenvalue weighted by molar-refractivity contribution is 0.0331. The van der Waals surface area contributed by atoms with Gasteiger partial charge in [0.2, 0.25) is 0 Å². The summed E-state index contributed by atoms with van der Waals surface area (Å²) < 4.78 is 5.44. The third-order valence-corrected chi connectivity index (χ3v) is 5.88. The van der Waals surface area contributed by atoms with Gasteiger partial charge in [-0.3, -0.25) is 4.90 Å². The number of hydrogen-bond donors (Lipinski definition) is 1. The predicted molar refractivity (Wildman–Crippen MR) is 107 cm³/mol. The van der Waals surface area contributed by atoms with Crippen LogP contribution >= 0.6 is 11.3 Å². The van der Waals surface area contributed by atoms with Crippen molar-refractivity contribution < 1.29 is 9.84 Å². The fourth-order valence-corrected chi connectivity index (χ4v) is 4.38. The lowest BCUT2D eigenvalue weighted by atomic mass is 10.1. The van der Waals surface area contributed by atoms with Crippen LogP contribution < -0.4 is 4.90 Å². The maximum atomic E-state index is 10.4. The summed E-state index contributed by atoms with van der Waals surface area (Å²) in [6, 6.07) is 0. The van der Waals surface area contributed by atoms with Gasteiger partial charge < -0.3 is 14.7 Å². The number of rotatable bonds is 6. The molecule has 1 aliphatic heterocycles. The molecule has 2 aromatic rings. The van der Waals surface area contributed by atoms with Gasteiger partial charge in [0.15, 0.2) is 0 Å². The fourth-order valence-electron chi connectivity index (χ4n) is 3.33. The van der Waals surface area contributed by atoms with Gasteiger partial charge in [-0.25, -0.2) is 9.97 Å². The summed E-state index contributed by atoms with van der Waals surface area (Å²) in [5.41, 5.74) is 0.462. The van der Waals surface area contributed by atoms with Crippen molar-refractivity contribution in [3.8, 4) is 0 Å². The third-order valence-electron chi connectivity index (χ3n) is 4.78. The Morgan fingerprint density at radius 1 is 1.23 bits per heavy atom. The number of likely N-dealkylation sites (N-methyl/N-ethyl adjacent to an activating group) is 1. The van der Waals surface area contributed by atoms with E-state index in [1.165, 1.54) is 10.4 Å². The van der Waals surface area contributed by atoms with Crippen LogP contribution in [0.15, 0.2) is 0 Å². The number of aryl methyl sites for hydroxylation is 2. The predicted octanol–water partition coefficient (Wildman–Crippen LogP) is 2.74. The highest BCUT2D eigenvalue weighted by molar-refractivity contribution is 7.18. The van der Waals surface area contributed by atoms with E-state index in [2.05, 4.69) is 30.6 Å². The summed E-state index contributed by atoms with van der Waals surface area (Å²) >= 11 is 1.73. The SMILES string of the molecule is CCN(CC(C)(C)O)c1nc(CN2CCOCC2)nc2sc(C)c(C)c12. The summed E-state index contributed by atoms with van der Waals surface area (Å²) in [5, 5.41) is 11.5. The van der Waals surface area contributed by atoms with Gasteiger partial charge in [-0.1, -0.05) is 0 Å². The first-order chi connectivity index (χ1) is 12.3. The zero-order chi connectivity index (χ0) is 18.9. The van der Waals surface area contributed by atoms with Gasteiger partial charge in [0, 0.05) is 31.1 Å². The van der Waals surface area contributed by atoms with Crippen LogP contribution in [0.3, 0.4) is 0 Å². The minimum absolute atomic E-state index is 0.543. The molecule has 2 aromatic heterocycles. The van der Waals surface area contributed by atoms with Gasteiger partial charge in [0.25, 0.3) is 0 Å². The molecule has 1 N–H and O–H groups in total. The van der Waals surface area contributed by atoms with E-state index in [9.17, 15) is 5.11 Å². The zero-order valence-electron chi connectivity index (χ0n) is 16.5. The van der Waals surface area contributed by atoms with E-state index in [1.807, 2.05) is 13.8 Å². The molecule has 1 saturated heterocycles. The van der Waals surface area contributed by atoms with Crippen molar-refractivity contribution >= 4 is 27.4 Å². The first-order valence-corrected chi connectivity index (χ1v) is 10.1. The van der Waals surface area contributed by atoms with Gasteiger partial charge in [-0.2, -0.15) is 0 Å². The van der Waals surface area contributed by atoms with Gasteiger partial charge in [-0.05, 0) is 40.2 Å². The molecule has 26 heavy (non-hydrogen) atoms. The Morgan fingerprint density at radius 2 is 1.92 bits per heavy atom. The zero-order valence-corrected chi connectivity index (χ0v) is 17.3. The van der Waals surface area contributed by atoms with Crippen molar-refractivity contribution in [3.63, 3.8) is 0 Å². The molecular formula is C19H30N4O2S. The van der Waals surface area contributed by atoms with Gasteiger partial charge in [-0.15, -0.1) is 11.3 Å². The first kappa shape index (κ1) is 19.5. The highest BCUT2D eigenvalue weighted by Gasteiger charge is 2.24. The number of anilines is 1. The van der Waals surface area contributed by atoms with Crippen LogP contribution in [0.25, 0.3) is 10.2 Å². The van der Waals surface area contributed by atoms with Crippen LogP contribution in [0, 0.1) is 13.8 Å². The van der Waals surface area contributed by atoms with E-state index in [0.717, 1.165) is 61.3 Å². The van der Waals surface area contributed by atoms with Crippen molar-refractivity contribution in [2.45, 2.75) is 46.8 Å². The molecule has 0 unspecified atom stereocenters. The Labute approximate surface area is 159 Å². The standard InChI is InChI=1S/C19H30N4O2S/c1-6-23(12-19(4,5)24)17-16-13(2)14(3)26-18(16)21-15(20-17)11-22-7-9-25-10-8-22/h24H,6-12H2,1-5H3. The van der Waals surface area contributed by atoms with Gasteiger partial charge in [0.05, 0.1) is 30.7 Å². The summed E-state index contributed by atoms with van der Waals surface area (Å²) in [6.07, 6.45) is 0. The molecule has 0 atom stereocenters. The van der Waals surface area contributed by atoms with E-state index >= 15 is 0 Å². The fraction of sp³-hybridized carbons (Fsp3) is 0.684. The minimum atomic E-state index is -0.781. The van der Waals surface area contributed by atoms with Crippen molar-refractivity contribution in [1.82, 2.24) is 14.9 Å². The van der Waals surface area contributed by atoms with E-state index in [4.69, 9.17) is 14.7 Å². The molecule has 0 amide bonds. The molecule has 0 aromatic carbocycles. The second kappa shape index (κ2) is 7.76. The average Bonchev–Trinajstić information content (AvgIpc) is 2.86. The number of ether oxygens (including phenoxy) is 1. The number of aliphatic hydroxyl groups is 1. The molecule has 0 bridgehead atoms. The topological polar surface area (TPSA) is 61.7 Å². The van der Waals surface area contributed by atoms with Crippen molar-refractivity contribution in [1.29, 1.82) is 0 Å². The molecule has 1 fully saturated rings. The van der Waals surface area contributed by atoms with Gasteiger partial charge in [0.1, 0.15) is 16.5 Å². The quantitative estimate of drug-likeness (QED) is 0.834. The molecule has 3 rings (SSSR count). The van der Waals surface area contributed by atoms with Crippen LogP contribution in [0.2, 0.25) is 0 Å². The Kier molecular flexibility index (Phi) is 5.81. The molecule has 0 spiro atoms. The van der Waals surface area contributed by atoms with Crippen LogP contribution in [0.5, 0.6) is 0 Å². The summed E-state index contributed by atoms with van der Waals surface area (Å²) in [5.74, 6) is 1.80. The summed E-state index contributed by atoms with van der Waals surface area (Å²) in [4.78, 5) is 16.6. The van der Waals surface area contributed by atoms with E-state index in [0.29, 0.717) is 6.54 Å². The van der Waals surface area contributed by atoms with E-state index < -0.39 is 5.60 Å². The molecule has 0 aliphatic carbocycles. The lowest BCUT2D eigenvalue weighted by Gasteiger charge is -2.30. The van der Waals surface area contributed by atoms with Crippen LogP contribution in [0.4, 0.5) is 5.82 Å². The number of aromatic nitrogens is 2. The molecule has 1 aliphatic rings. The second-order valence-electron chi connectivity index (χ2n) is 7.64. The average molecular weight is 379 g/mol. The maximum Gasteiger partial charge on any atom is 0.146 e. The second-order valence-corrected chi connectivity index (χ2v) is 8.85. The highest BCUT2D eigenvalue weighted by Crippen LogP contribution is 2.35. The highest BCUT2D eigenvalue weighted by atomic mass is 32.1. The van der Waals surface area contributed by atoms with E-state index in [-0.39, 0.29) is 0 Å². The monoisotopic (exact) mass is 378 g/mol. The Hall–Kier alpha value is -1.28. The molecule has 0 radical (unpaired) electrons. The molecule has 7 heteroatoms. The number of fused-ring (bicyclic) bond motifs is 1. The van der Waals surface area contributed by atoms with Crippen molar-refractivity contribution in [2.24, 2.45) is 0 Å². The molecule has 6 nitrogen and oxygen atoms in total. The first-order valence-electron chi connectivity index (χ1n) is 9.32. The minimum Gasteiger partial charge on any atom is -0.389 e. The largest absolute Gasteiger partial charge is 0.389 e. The Bertz CT molecular complexity index is 763. The number of thiophene rings is 1. The summed E-state index contributed by atoms with van der Waals surface area (Å²) in [6.45, 7) is 15.5. The smallest absolute Gasteiger partial charge is 0.146 e. The van der Waals surface area contributed by atoms with Crippen molar-refractivity contribution in [3.05, 3.63) is 16.3 Å². The normalized spacial score (nSPS) is 16.4. The van der Waals surface area contributed by atoms with Crippen molar-refractivity contribution in [2.75, 3.05) is 44.3 Å². The third kappa shape index (κ3) is 4.34.